The van der Waals surface area contributed by atoms with E-state index in [1.807, 2.05) is 0 Å². The zero-order valence-corrected chi connectivity index (χ0v) is 18.5. The second-order valence-corrected chi connectivity index (χ2v) is 7.05. The molecule has 0 heterocycles. The molecule has 2 aromatic carbocycles. The van der Waals surface area contributed by atoms with Gasteiger partial charge in [0.15, 0.2) is 0 Å². The fourth-order valence-electron chi connectivity index (χ4n) is 2.42. The van der Waals surface area contributed by atoms with Crippen LogP contribution in [0, 0.1) is 0 Å². The maximum Gasteiger partial charge on any atom is 1.00 e. The summed E-state index contributed by atoms with van der Waals surface area (Å²) in [5.41, 5.74) is 0.692. The van der Waals surface area contributed by atoms with E-state index in [9.17, 15) is 18.1 Å². The van der Waals surface area contributed by atoms with Crippen LogP contribution in [0.1, 0.15) is 38.2 Å². The van der Waals surface area contributed by atoms with E-state index in [2.05, 4.69) is 6.92 Å². The van der Waals surface area contributed by atoms with Crippen LogP contribution in [0.5, 0.6) is 17.2 Å². The first kappa shape index (κ1) is 22.6. The number of benzene rings is 2. The second-order valence-electron chi connectivity index (χ2n) is 5.63. The standard InChI is InChI=1S/C18H22O5S.K/c1-2-3-4-5-7-14-12-17(24(20,21)22)10-11-18(14)23-16-9-6-8-15(19)13-16;/h6,8-13,19H,2-5,7H2,1H3,(H,20,21,22);/q;+1/p-1. The van der Waals surface area contributed by atoms with E-state index in [1.165, 1.54) is 30.3 Å². The molecule has 0 aliphatic rings. The molecule has 0 saturated carbocycles. The predicted octanol–water partition coefficient (Wildman–Crippen LogP) is 0.926. The Balaban J connectivity index is 0.00000312. The third kappa shape index (κ3) is 7.38. The van der Waals surface area contributed by atoms with Gasteiger partial charge in [-0.15, -0.1) is 5.75 Å². The molecule has 5 nitrogen and oxygen atoms in total. The molecule has 0 saturated heterocycles. The Morgan fingerprint density at radius 1 is 1.08 bits per heavy atom. The Morgan fingerprint density at radius 2 is 1.84 bits per heavy atom. The molecule has 0 atom stereocenters. The normalized spacial score (nSPS) is 11.0. The first-order valence-electron chi connectivity index (χ1n) is 7.95. The Morgan fingerprint density at radius 3 is 2.48 bits per heavy atom. The molecule has 0 bridgehead atoms. The molecule has 25 heavy (non-hydrogen) atoms. The summed E-state index contributed by atoms with van der Waals surface area (Å²) in [5, 5.41) is 11.4. The molecule has 1 N–H and O–H groups in total. The van der Waals surface area contributed by atoms with Crippen LogP contribution in [0.15, 0.2) is 47.4 Å². The minimum Gasteiger partial charge on any atom is -0.872 e. The Bertz CT molecular complexity index is 790. The van der Waals surface area contributed by atoms with Crippen LogP contribution in [0.25, 0.3) is 0 Å². The van der Waals surface area contributed by atoms with Crippen LogP contribution in [0.3, 0.4) is 0 Å². The van der Waals surface area contributed by atoms with Crippen molar-refractivity contribution in [3.05, 3.63) is 48.0 Å². The zero-order valence-electron chi connectivity index (χ0n) is 14.6. The average Bonchev–Trinajstić information content (AvgIpc) is 2.52. The van der Waals surface area contributed by atoms with Gasteiger partial charge in [-0.3, -0.25) is 4.55 Å². The molecule has 0 spiro atoms. The quantitative estimate of drug-likeness (QED) is 0.413. The molecular weight excluding hydrogens is 367 g/mol. The molecule has 130 valence electrons. The van der Waals surface area contributed by atoms with Gasteiger partial charge in [0.2, 0.25) is 0 Å². The fraction of sp³-hybridized carbons (Fsp3) is 0.333. The van der Waals surface area contributed by atoms with Crippen molar-refractivity contribution in [1.82, 2.24) is 0 Å². The van der Waals surface area contributed by atoms with E-state index in [0.717, 1.165) is 25.7 Å². The molecule has 2 aromatic rings. The second kappa shape index (κ2) is 10.7. The van der Waals surface area contributed by atoms with Gasteiger partial charge in [-0.2, -0.15) is 8.42 Å². The van der Waals surface area contributed by atoms with Gasteiger partial charge >= 0.3 is 51.4 Å². The topological polar surface area (TPSA) is 86.7 Å². The van der Waals surface area contributed by atoms with Crippen molar-refractivity contribution in [2.24, 2.45) is 0 Å². The van der Waals surface area contributed by atoms with E-state index >= 15 is 0 Å². The summed E-state index contributed by atoms with van der Waals surface area (Å²) in [5.74, 6) is 0.730. The monoisotopic (exact) mass is 388 g/mol. The number of rotatable bonds is 8. The Hall–Kier alpha value is -0.414. The third-order valence-corrected chi connectivity index (χ3v) is 4.51. The summed E-state index contributed by atoms with van der Waals surface area (Å²) < 4.78 is 37.7. The van der Waals surface area contributed by atoms with Gasteiger partial charge < -0.3 is 9.84 Å². The minimum absolute atomic E-state index is 0. The molecular formula is C18H21KO5S. The summed E-state index contributed by atoms with van der Waals surface area (Å²) in [7, 11) is -4.26. The van der Waals surface area contributed by atoms with Gasteiger partial charge in [0.05, 0.1) is 4.90 Å². The van der Waals surface area contributed by atoms with Crippen molar-refractivity contribution in [2.45, 2.75) is 43.9 Å². The molecule has 0 unspecified atom stereocenters. The van der Waals surface area contributed by atoms with E-state index in [-0.39, 0.29) is 62.0 Å². The van der Waals surface area contributed by atoms with Gasteiger partial charge in [0.1, 0.15) is 11.5 Å². The number of aryl methyl sites for hydroxylation is 1. The van der Waals surface area contributed by atoms with Crippen LogP contribution in [-0.2, 0) is 16.5 Å². The van der Waals surface area contributed by atoms with Gasteiger partial charge in [0, 0.05) is 0 Å². The number of ether oxygens (including phenoxy) is 1. The molecule has 0 fully saturated rings. The van der Waals surface area contributed by atoms with Crippen molar-refractivity contribution in [2.75, 3.05) is 0 Å². The predicted molar refractivity (Wildman–Crippen MR) is 90.1 cm³/mol. The van der Waals surface area contributed by atoms with Gasteiger partial charge in [-0.05, 0) is 48.7 Å². The number of unbranched alkanes of at least 4 members (excludes halogenated alkanes) is 3. The molecule has 0 amide bonds. The van der Waals surface area contributed by atoms with Crippen LogP contribution < -0.4 is 61.2 Å². The molecule has 0 aliphatic heterocycles. The Kier molecular flexibility index (Phi) is 9.65. The van der Waals surface area contributed by atoms with Gasteiger partial charge in [0.25, 0.3) is 10.1 Å². The summed E-state index contributed by atoms with van der Waals surface area (Å²) in [4.78, 5) is -0.155. The molecule has 0 radical (unpaired) electrons. The fourth-order valence-corrected chi connectivity index (χ4v) is 2.95. The van der Waals surface area contributed by atoms with Crippen molar-refractivity contribution in [3.8, 4) is 17.2 Å². The van der Waals surface area contributed by atoms with Crippen molar-refractivity contribution in [3.63, 3.8) is 0 Å². The van der Waals surface area contributed by atoms with Gasteiger partial charge in [-0.25, -0.2) is 0 Å². The van der Waals surface area contributed by atoms with Crippen LogP contribution in [0.4, 0.5) is 0 Å². The summed E-state index contributed by atoms with van der Waals surface area (Å²) in [6.07, 6.45) is 4.76. The number of hydrogen-bond acceptors (Lipinski definition) is 4. The van der Waals surface area contributed by atoms with E-state index in [0.29, 0.717) is 23.5 Å². The molecule has 7 heteroatoms. The van der Waals surface area contributed by atoms with Crippen molar-refractivity contribution < 1.29 is 74.2 Å². The maximum absolute atomic E-state index is 11.4. The first-order valence-corrected chi connectivity index (χ1v) is 9.39. The largest absolute Gasteiger partial charge is 1.00 e. The zero-order chi connectivity index (χ0) is 17.6. The molecule has 2 rings (SSSR count). The van der Waals surface area contributed by atoms with Crippen LogP contribution in [0.2, 0.25) is 0 Å². The average molecular weight is 389 g/mol. The van der Waals surface area contributed by atoms with Crippen molar-refractivity contribution in [1.29, 1.82) is 0 Å². The van der Waals surface area contributed by atoms with Crippen molar-refractivity contribution >= 4 is 10.1 Å². The SMILES string of the molecule is CCCCCCc1cc(S(=O)(=O)O)ccc1Oc1cccc([O-])c1.[K+]. The number of hydrogen-bond donors (Lipinski definition) is 1. The third-order valence-electron chi connectivity index (χ3n) is 3.66. The van der Waals surface area contributed by atoms with E-state index in [4.69, 9.17) is 4.74 Å². The first-order chi connectivity index (χ1) is 11.4. The Labute approximate surface area is 191 Å². The maximum atomic E-state index is 11.4. The van der Waals surface area contributed by atoms with Gasteiger partial charge in [-0.1, -0.05) is 38.3 Å². The molecule has 0 aromatic heterocycles. The molecule has 0 aliphatic carbocycles. The summed E-state index contributed by atoms with van der Waals surface area (Å²) >= 11 is 0. The van der Waals surface area contributed by atoms with Crippen LogP contribution >= 0.6 is 0 Å². The minimum atomic E-state index is -4.26. The summed E-state index contributed by atoms with van der Waals surface area (Å²) in [6.45, 7) is 2.11. The summed E-state index contributed by atoms with van der Waals surface area (Å²) in [6, 6.07) is 10.3. The van der Waals surface area contributed by atoms with E-state index < -0.39 is 10.1 Å². The van der Waals surface area contributed by atoms with E-state index in [1.54, 1.807) is 12.1 Å². The van der Waals surface area contributed by atoms with Crippen LogP contribution in [-0.4, -0.2) is 13.0 Å². The smallest absolute Gasteiger partial charge is 0.872 e.